The Balaban J connectivity index is 1.81. The number of primary amides is 1. The molecule has 0 aliphatic carbocycles. The molecule has 3 N–H and O–H groups in total. The second kappa shape index (κ2) is 9.76. The van der Waals surface area contributed by atoms with Crippen molar-refractivity contribution in [3.05, 3.63) is 35.2 Å². The van der Waals surface area contributed by atoms with Crippen LogP contribution in [0.3, 0.4) is 0 Å². The first kappa shape index (κ1) is 19.7. The van der Waals surface area contributed by atoms with Gasteiger partial charge in [0.25, 0.3) is 0 Å². The molecule has 0 unspecified atom stereocenters. The van der Waals surface area contributed by atoms with Gasteiger partial charge < -0.3 is 11.1 Å². The smallest absolute Gasteiger partial charge is 0.220 e. The number of ketones is 1. The van der Waals surface area contributed by atoms with Crippen molar-refractivity contribution in [1.82, 2.24) is 14.9 Å². The predicted octanol–water partition coefficient (Wildman–Crippen LogP) is 1.87. The van der Waals surface area contributed by atoms with Crippen molar-refractivity contribution in [1.29, 1.82) is 0 Å². The molecule has 26 heavy (non-hydrogen) atoms. The molecular formula is C18H22N4O3S. The first-order valence-corrected chi connectivity index (χ1v) is 9.30. The highest BCUT2D eigenvalue weighted by atomic mass is 32.1. The molecule has 8 heteroatoms. The number of aryl methyl sites for hydroxylation is 1. The zero-order valence-electron chi connectivity index (χ0n) is 14.6. The van der Waals surface area contributed by atoms with Crippen LogP contribution in [0.15, 0.2) is 29.6 Å². The fraction of sp³-hybridized carbons (Fsp3) is 0.389. The molecule has 1 aromatic carbocycles. The second-order valence-electron chi connectivity index (χ2n) is 5.95. The molecule has 2 aromatic rings. The number of hydrogen-bond acceptors (Lipinski definition) is 6. The molecule has 1 atom stereocenters. The number of Topliss-reactive ketones (excluding diaryl/α,β-unsaturated/α-hetero) is 1. The Kier molecular flexibility index (Phi) is 7.40. The summed E-state index contributed by atoms with van der Waals surface area (Å²) in [5.74, 6) is -0.866. The van der Waals surface area contributed by atoms with E-state index in [-0.39, 0.29) is 31.0 Å². The molecule has 0 aliphatic rings. The molecule has 0 saturated heterocycles. The zero-order valence-corrected chi connectivity index (χ0v) is 15.4. The fourth-order valence-corrected chi connectivity index (χ4v) is 2.95. The standard InChI is InChI=1S/C18H22N4O3S/c1-2-14(16(23)8-9-17(19)24)20-18(25)10-5-12-3-6-13(7-4-12)15-11-26-22-21-15/h3-4,6-7,11,14H,2,5,8-10H2,1H3,(H2,19,24)(H,20,25)/t14-/m0/s1. The van der Waals surface area contributed by atoms with Gasteiger partial charge in [-0.15, -0.1) is 5.10 Å². The van der Waals surface area contributed by atoms with Crippen LogP contribution in [0.4, 0.5) is 0 Å². The van der Waals surface area contributed by atoms with E-state index in [9.17, 15) is 14.4 Å². The van der Waals surface area contributed by atoms with Crippen LogP contribution in [-0.2, 0) is 20.8 Å². The molecule has 0 fully saturated rings. The number of nitrogens with one attached hydrogen (secondary N) is 1. The highest BCUT2D eigenvalue weighted by Crippen LogP contribution is 2.18. The molecule has 1 heterocycles. The Bertz CT molecular complexity index is 744. The van der Waals surface area contributed by atoms with E-state index in [0.717, 1.165) is 16.8 Å². The summed E-state index contributed by atoms with van der Waals surface area (Å²) in [6.07, 6.45) is 1.41. The third-order valence-corrected chi connectivity index (χ3v) is 4.50. The van der Waals surface area contributed by atoms with Gasteiger partial charge >= 0.3 is 0 Å². The van der Waals surface area contributed by atoms with Gasteiger partial charge in [0.1, 0.15) is 5.69 Å². The molecule has 7 nitrogen and oxygen atoms in total. The van der Waals surface area contributed by atoms with Crippen molar-refractivity contribution in [2.45, 2.75) is 45.1 Å². The summed E-state index contributed by atoms with van der Waals surface area (Å²) in [6.45, 7) is 1.82. The van der Waals surface area contributed by atoms with Gasteiger partial charge in [0, 0.05) is 30.2 Å². The molecule has 2 rings (SSSR count). The second-order valence-corrected chi connectivity index (χ2v) is 6.56. The number of amides is 2. The van der Waals surface area contributed by atoms with E-state index in [1.165, 1.54) is 11.5 Å². The summed E-state index contributed by atoms with van der Waals surface area (Å²) in [6, 6.07) is 7.24. The van der Waals surface area contributed by atoms with E-state index < -0.39 is 11.9 Å². The van der Waals surface area contributed by atoms with Gasteiger partial charge in [0.05, 0.1) is 6.04 Å². The Labute approximate surface area is 156 Å². The van der Waals surface area contributed by atoms with Gasteiger partial charge in [0.15, 0.2) is 5.78 Å². The van der Waals surface area contributed by atoms with Crippen LogP contribution in [0, 0.1) is 0 Å². The molecule has 0 saturated carbocycles. The van der Waals surface area contributed by atoms with Gasteiger partial charge in [0.2, 0.25) is 11.8 Å². The monoisotopic (exact) mass is 374 g/mol. The van der Waals surface area contributed by atoms with Crippen LogP contribution in [0.2, 0.25) is 0 Å². The number of nitrogens with two attached hydrogens (primary N) is 1. The molecule has 0 radical (unpaired) electrons. The van der Waals surface area contributed by atoms with E-state index in [1.54, 1.807) is 0 Å². The van der Waals surface area contributed by atoms with Crippen molar-refractivity contribution < 1.29 is 14.4 Å². The molecular weight excluding hydrogens is 352 g/mol. The van der Waals surface area contributed by atoms with Crippen LogP contribution < -0.4 is 11.1 Å². The van der Waals surface area contributed by atoms with Crippen molar-refractivity contribution in [3.63, 3.8) is 0 Å². The van der Waals surface area contributed by atoms with Crippen molar-refractivity contribution in [2.24, 2.45) is 5.73 Å². The summed E-state index contributed by atoms with van der Waals surface area (Å²) < 4.78 is 3.84. The highest BCUT2D eigenvalue weighted by molar-refractivity contribution is 7.03. The van der Waals surface area contributed by atoms with Crippen molar-refractivity contribution in [2.75, 3.05) is 0 Å². The number of nitrogens with zero attached hydrogens (tertiary/aromatic N) is 2. The largest absolute Gasteiger partial charge is 0.370 e. The van der Waals surface area contributed by atoms with Gasteiger partial charge in [-0.2, -0.15) is 0 Å². The van der Waals surface area contributed by atoms with Gasteiger partial charge in [-0.3, -0.25) is 14.4 Å². The van der Waals surface area contributed by atoms with Crippen LogP contribution in [0.25, 0.3) is 11.3 Å². The lowest BCUT2D eigenvalue weighted by Crippen LogP contribution is -2.40. The first-order chi connectivity index (χ1) is 12.5. The minimum absolute atomic E-state index is 0.00601. The zero-order chi connectivity index (χ0) is 18.9. The van der Waals surface area contributed by atoms with Crippen LogP contribution in [0.1, 0.15) is 38.2 Å². The molecule has 0 spiro atoms. The summed E-state index contributed by atoms with van der Waals surface area (Å²) in [5.41, 5.74) is 7.90. The molecule has 1 aromatic heterocycles. The lowest BCUT2D eigenvalue weighted by atomic mass is 10.0. The summed E-state index contributed by atoms with van der Waals surface area (Å²) >= 11 is 1.30. The summed E-state index contributed by atoms with van der Waals surface area (Å²) in [7, 11) is 0. The molecule has 0 bridgehead atoms. The van der Waals surface area contributed by atoms with Crippen LogP contribution in [-0.4, -0.2) is 33.2 Å². The number of benzene rings is 1. The molecule has 138 valence electrons. The number of hydrogen-bond donors (Lipinski definition) is 2. The maximum Gasteiger partial charge on any atom is 0.220 e. The number of rotatable bonds is 10. The van der Waals surface area contributed by atoms with E-state index in [0.29, 0.717) is 12.8 Å². The van der Waals surface area contributed by atoms with E-state index in [2.05, 4.69) is 14.9 Å². The average Bonchev–Trinajstić information content (AvgIpc) is 3.17. The van der Waals surface area contributed by atoms with Crippen LogP contribution >= 0.6 is 11.5 Å². The predicted molar refractivity (Wildman–Crippen MR) is 99.3 cm³/mol. The Hall–Kier alpha value is -2.61. The summed E-state index contributed by atoms with van der Waals surface area (Å²) in [4.78, 5) is 34.9. The number of carbonyl (C=O) groups is 3. The summed E-state index contributed by atoms with van der Waals surface area (Å²) in [5, 5.41) is 8.63. The van der Waals surface area contributed by atoms with Crippen LogP contribution in [0.5, 0.6) is 0 Å². The normalized spacial score (nSPS) is 11.7. The maximum absolute atomic E-state index is 12.1. The van der Waals surface area contributed by atoms with E-state index >= 15 is 0 Å². The molecule has 2 amide bonds. The fourth-order valence-electron chi connectivity index (χ4n) is 2.49. The van der Waals surface area contributed by atoms with E-state index in [1.807, 2.05) is 36.6 Å². The van der Waals surface area contributed by atoms with Gasteiger partial charge in [-0.05, 0) is 29.9 Å². The lowest BCUT2D eigenvalue weighted by Gasteiger charge is -2.15. The number of aromatic nitrogens is 2. The lowest BCUT2D eigenvalue weighted by molar-refractivity contribution is -0.128. The third kappa shape index (κ3) is 6.03. The minimum atomic E-state index is -0.568. The Morgan fingerprint density at radius 2 is 1.88 bits per heavy atom. The Morgan fingerprint density at radius 1 is 1.15 bits per heavy atom. The third-order valence-electron chi connectivity index (χ3n) is 4.00. The van der Waals surface area contributed by atoms with Crippen molar-refractivity contribution in [3.8, 4) is 11.3 Å². The van der Waals surface area contributed by atoms with Gasteiger partial charge in [-0.1, -0.05) is 35.7 Å². The first-order valence-electron chi connectivity index (χ1n) is 8.46. The maximum atomic E-state index is 12.1. The van der Waals surface area contributed by atoms with E-state index in [4.69, 9.17) is 5.73 Å². The van der Waals surface area contributed by atoms with Gasteiger partial charge in [-0.25, -0.2) is 0 Å². The molecule has 0 aliphatic heterocycles. The van der Waals surface area contributed by atoms with Crippen molar-refractivity contribution >= 4 is 29.1 Å². The highest BCUT2D eigenvalue weighted by Gasteiger charge is 2.19. The number of carbonyl (C=O) groups excluding carboxylic acids is 3. The SMILES string of the molecule is CC[C@H](NC(=O)CCc1ccc(-c2csnn2)cc1)C(=O)CCC(N)=O. The average molecular weight is 374 g/mol. The quantitative estimate of drug-likeness (QED) is 0.659. The topological polar surface area (TPSA) is 115 Å². The Morgan fingerprint density at radius 3 is 2.46 bits per heavy atom. The minimum Gasteiger partial charge on any atom is -0.370 e.